The van der Waals surface area contributed by atoms with Gasteiger partial charge in [-0.25, -0.2) is 0 Å². The van der Waals surface area contributed by atoms with Gasteiger partial charge in [0.05, 0.1) is 5.56 Å². The average Bonchev–Trinajstić information content (AvgIpc) is 3.08. The molecule has 1 aromatic rings. The normalized spacial score (nSPS) is 20.0. The maximum absolute atomic E-state index is 12.9. The van der Waals surface area contributed by atoms with E-state index >= 15 is 0 Å². The number of para-hydroxylation sites is 1. The molecule has 2 heterocycles. The number of hydrogen-bond donors (Lipinski definition) is 0. The molecule has 0 radical (unpaired) electrons. The Labute approximate surface area is 127 Å². The van der Waals surface area contributed by atoms with Gasteiger partial charge in [0.2, 0.25) is 0 Å². The Kier molecular flexibility index (Phi) is 4.44. The maximum Gasteiger partial charge on any atom is 0.256 e. The van der Waals surface area contributed by atoms with Gasteiger partial charge in [-0.2, -0.15) is 0 Å². The highest BCUT2D eigenvalue weighted by atomic mass is 16.2. The minimum atomic E-state index is 0.202. The standard InChI is InChI=1S/C17H25N3O/c1-2-18-11-13-20(14-12-18)17(21)15-7-3-4-8-16(15)19-9-5-6-10-19/h3-4,7-8H,2,5-6,9-14H2,1H3. The molecule has 114 valence electrons. The molecule has 21 heavy (non-hydrogen) atoms. The quantitative estimate of drug-likeness (QED) is 0.851. The number of hydrogen-bond acceptors (Lipinski definition) is 3. The summed E-state index contributed by atoms with van der Waals surface area (Å²) < 4.78 is 0. The number of amides is 1. The maximum atomic E-state index is 12.9. The molecule has 2 saturated heterocycles. The Hall–Kier alpha value is -1.55. The Balaban J connectivity index is 1.75. The molecule has 0 unspecified atom stereocenters. The summed E-state index contributed by atoms with van der Waals surface area (Å²) in [4.78, 5) is 19.6. The molecule has 0 aromatic heterocycles. The summed E-state index contributed by atoms with van der Waals surface area (Å²) in [6.45, 7) is 9.10. The summed E-state index contributed by atoms with van der Waals surface area (Å²) in [5.41, 5.74) is 2.00. The molecule has 4 nitrogen and oxygen atoms in total. The molecule has 0 bridgehead atoms. The van der Waals surface area contributed by atoms with E-state index in [1.54, 1.807) is 0 Å². The lowest BCUT2D eigenvalue weighted by atomic mass is 10.1. The largest absolute Gasteiger partial charge is 0.371 e. The van der Waals surface area contributed by atoms with Crippen LogP contribution in [0.1, 0.15) is 30.1 Å². The predicted octanol–water partition coefficient (Wildman–Crippen LogP) is 2.06. The summed E-state index contributed by atoms with van der Waals surface area (Å²) >= 11 is 0. The van der Waals surface area contributed by atoms with E-state index in [9.17, 15) is 4.79 Å². The molecule has 0 aliphatic carbocycles. The van der Waals surface area contributed by atoms with Crippen molar-refractivity contribution in [2.24, 2.45) is 0 Å². The van der Waals surface area contributed by atoms with Crippen molar-refractivity contribution in [1.29, 1.82) is 0 Å². The summed E-state index contributed by atoms with van der Waals surface area (Å²) in [5.74, 6) is 0.202. The topological polar surface area (TPSA) is 26.8 Å². The van der Waals surface area contributed by atoms with Crippen molar-refractivity contribution in [3.8, 4) is 0 Å². The van der Waals surface area contributed by atoms with Crippen LogP contribution < -0.4 is 4.90 Å². The van der Waals surface area contributed by atoms with Gasteiger partial charge in [-0.15, -0.1) is 0 Å². The van der Waals surface area contributed by atoms with E-state index in [0.29, 0.717) is 0 Å². The fourth-order valence-electron chi connectivity index (χ4n) is 3.33. The van der Waals surface area contributed by atoms with Crippen LogP contribution in [0.3, 0.4) is 0 Å². The molecule has 0 N–H and O–H groups in total. The van der Waals surface area contributed by atoms with Gasteiger partial charge in [0.15, 0.2) is 0 Å². The smallest absolute Gasteiger partial charge is 0.256 e. The minimum absolute atomic E-state index is 0.202. The molecule has 0 saturated carbocycles. The average molecular weight is 287 g/mol. The lowest BCUT2D eigenvalue weighted by Crippen LogP contribution is -2.48. The van der Waals surface area contributed by atoms with Gasteiger partial charge < -0.3 is 14.7 Å². The number of carbonyl (C=O) groups excluding carboxylic acids is 1. The molecular weight excluding hydrogens is 262 g/mol. The second-order valence-electron chi connectivity index (χ2n) is 5.94. The van der Waals surface area contributed by atoms with Crippen LogP contribution in [0.5, 0.6) is 0 Å². The van der Waals surface area contributed by atoms with E-state index in [0.717, 1.165) is 57.1 Å². The number of piperazine rings is 1. The van der Waals surface area contributed by atoms with Crippen LogP contribution >= 0.6 is 0 Å². The fraction of sp³-hybridized carbons (Fsp3) is 0.588. The van der Waals surface area contributed by atoms with Crippen molar-refractivity contribution in [2.45, 2.75) is 19.8 Å². The predicted molar refractivity (Wildman–Crippen MR) is 85.9 cm³/mol. The molecule has 1 amide bonds. The zero-order valence-electron chi connectivity index (χ0n) is 12.9. The van der Waals surface area contributed by atoms with E-state index < -0.39 is 0 Å². The van der Waals surface area contributed by atoms with Crippen molar-refractivity contribution in [1.82, 2.24) is 9.80 Å². The summed E-state index contributed by atoms with van der Waals surface area (Å²) in [6.07, 6.45) is 2.47. The first-order chi connectivity index (χ1) is 10.3. The third kappa shape index (κ3) is 3.05. The van der Waals surface area contributed by atoms with E-state index in [-0.39, 0.29) is 5.91 Å². The van der Waals surface area contributed by atoms with Crippen LogP contribution in [-0.4, -0.2) is 61.5 Å². The SMILES string of the molecule is CCN1CCN(C(=O)c2ccccc2N2CCCC2)CC1. The molecular formula is C17H25N3O. The first kappa shape index (κ1) is 14.4. The monoisotopic (exact) mass is 287 g/mol. The van der Waals surface area contributed by atoms with E-state index in [1.165, 1.54) is 12.8 Å². The van der Waals surface area contributed by atoms with Gasteiger partial charge in [0.25, 0.3) is 5.91 Å². The molecule has 0 atom stereocenters. The fourth-order valence-corrected chi connectivity index (χ4v) is 3.33. The highest BCUT2D eigenvalue weighted by molar-refractivity contribution is 6.00. The van der Waals surface area contributed by atoms with Gasteiger partial charge in [-0.05, 0) is 31.5 Å². The van der Waals surface area contributed by atoms with Crippen molar-refractivity contribution in [3.05, 3.63) is 29.8 Å². The second kappa shape index (κ2) is 6.48. The number of rotatable bonds is 3. The number of nitrogens with zero attached hydrogens (tertiary/aromatic N) is 3. The number of benzene rings is 1. The van der Waals surface area contributed by atoms with Crippen LogP contribution in [0.2, 0.25) is 0 Å². The third-order valence-corrected chi connectivity index (χ3v) is 4.69. The van der Waals surface area contributed by atoms with Crippen molar-refractivity contribution < 1.29 is 4.79 Å². The zero-order chi connectivity index (χ0) is 14.7. The Morgan fingerprint density at radius 1 is 1.00 bits per heavy atom. The van der Waals surface area contributed by atoms with Crippen molar-refractivity contribution in [3.63, 3.8) is 0 Å². The molecule has 3 rings (SSSR count). The number of anilines is 1. The molecule has 2 aliphatic heterocycles. The van der Waals surface area contributed by atoms with Crippen LogP contribution in [0.15, 0.2) is 24.3 Å². The van der Waals surface area contributed by atoms with Gasteiger partial charge in [0.1, 0.15) is 0 Å². The van der Waals surface area contributed by atoms with Crippen molar-refractivity contribution >= 4 is 11.6 Å². The minimum Gasteiger partial charge on any atom is -0.371 e. The third-order valence-electron chi connectivity index (χ3n) is 4.69. The highest BCUT2D eigenvalue weighted by Crippen LogP contribution is 2.25. The first-order valence-corrected chi connectivity index (χ1v) is 8.15. The molecule has 4 heteroatoms. The van der Waals surface area contributed by atoms with Crippen LogP contribution in [0.25, 0.3) is 0 Å². The summed E-state index contributed by atoms with van der Waals surface area (Å²) in [7, 11) is 0. The summed E-state index contributed by atoms with van der Waals surface area (Å²) in [6, 6.07) is 8.11. The molecule has 2 fully saturated rings. The van der Waals surface area contributed by atoms with Crippen LogP contribution in [0.4, 0.5) is 5.69 Å². The number of carbonyl (C=O) groups is 1. The molecule has 1 aromatic carbocycles. The first-order valence-electron chi connectivity index (χ1n) is 8.15. The number of likely N-dealkylation sites (N-methyl/N-ethyl adjacent to an activating group) is 1. The van der Waals surface area contributed by atoms with Crippen LogP contribution in [0, 0.1) is 0 Å². The molecule has 0 spiro atoms. The second-order valence-corrected chi connectivity index (χ2v) is 5.94. The van der Waals surface area contributed by atoms with Gasteiger partial charge in [-0.3, -0.25) is 4.79 Å². The Bertz CT molecular complexity index is 489. The lowest BCUT2D eigenvalue weighted by molar-refractivity contribution is 0.0644. The lowest BCUT2D eigenvalue weighted by Gasteiger charge is -2.34. The molecule has 2 aliphatic rings. The van der Waals surface area contributed by atoms with Gasteiger partial charge >= 0.3 is 0 Å². The van der Waals surface area contributed by atoms with Crippen LogP contribution in [-0.2, 0) is 0 Å². The van der Waals surface area contributed by atoms with Gasteiger partial charge in [-0.1, -0.05) is 19.1 Å². The highest BCUT2D eigenvalue weighted by Gasteiger charge is 2.25. The van der Waals surface area contributed by atoms with E-state index in [4.69, 9.17) is 0 Å². The van der Waals surface area contributed by atoms with E-state index in [2.05, 4.69) is 22.8 Å². The van der Waals surface area contributed by atoms with Crippen molar-refractivity contribution in [2.75, 3.05) is 50.7 Å². The Morgan fingerprint density at radius 3 is 2.33 bits per heavy atom. The van der Waals surface area contributed by atoms with E-state index in [1.807, 2.05) is 23.1 Å². The zero-order valence-corrected chi connectivity index (χ0v) is 12.9. The summed E-state index contributed by atoms with van der Waals surface area (Å²) in [5, 5.41) is 0. The van der Waals surface area contributed by atoms with Gasteiger partial charge in [0, 0.05) is 45.0 Å². The Morgan fingerprint density at radius 2 is 1.67 bits per heavy atom.